The van der Waals surface area contributed by atoms with E-state index < -0.39 is 17.9 Å². The SMILES string of the molecule is O=C1O[C@H](c2ccccc2)[C@@](O)(c2ccccc2)N1Cc1cccs1. The number of carbonyl (C=O) groups excluding carboxylic acids is 1. The lowest BCUT2D eigenvalue weighted by molar-refractivity contribution is -0.112. The molecule has 2 atom stereocenters. The molecular weight excluding hydrogens is 334 g/mol. The van der Waals surface area contributed by atoms with E-state index in [1.54, 1.807) is 11.3 Å². The Morgan fingerprint density at radius 1 is 1.00 bits per heavy atom. The molecular formula is C20H17NO3S. The van der Waals surface area contributed by atoms with Crippen molar-refractivity contribution >= 4 is 17.4 Å². The molecule has 25 heavy (non-hydrogen) atoms. The zero-order valence-electron chi connectivity index (χ0n) is 13.4. The predicted molar refractivity (Wildman–Crippen MR) is 95.9 cm³/mol. The van der Waals surface area contributed by atoms with Gasteiger partial charge >= 0.3 is 6.09 Å². The first-order chi connectivity index (χ1) is 12.2. The Morgan fingerprint density at radius 2 is 1.68 bits per heavy atom. The largest absolute Gasteiger partial charge is 0.436 e. The maximum absolute atomic E-state index is 12.6. The van der Waals surface area contributed by atoms with E-state index in [-0.39, 0.29) is 0 Å². The number of hydrogen-bond acceptors (Lipinski definition) is 4. The van der Waals surface area contributed by atoms with Crippen LogP contribution < -0.4 is 0 Å². The molecule has 1 N–H and O–H groups in total. The van der Waals surface area contributed by atoms with Crippen molar-refractivity contribution in [2.24, 2.45) is 0 Å². The summed E-state index contributed by atoms with van der Waals surface area (Å²) in [4.78, 5) is 15.0. The number of benzene rings is 2. The lowest BCUT2D eigenvalue weighted by Crippen LogP contribution is -2.45. The Morgan fingerprint density at radius 3 is 2.32 bits per heavy atom. The van der Waals surface area contributed by atoms with Gasteiger partial charge in [-0.15, -0.1) is 11.3 Å². The lowest BCUT2D eigenvalue weighted by atomic mass is 9.91. The summed E-state index contributed by atoms with van der Waals surface area (Å²) in [7, 11) is 0. The molecule has 0 unspecified atom stereocenters. The second kappa shape index (κ2) is 6.35. The first kappa shape index (κ1) is 15.9. The van der Waals surface area contributed by atoms with E-state index in [9.17, 15) is 9.90 Å². The van der Waals surface area contributed by atoms with E-state index in [0.717, 1.165) is 10.4 Å². The minimum atomic E-state index is -1.57. The minimum absolute atomic E-state index is 0.297. The van der Waals surface area contributed by atoms with Crippen molar-refractivity contribution in [3.8, 4) is 0 Å². The number of aliphatic hydroxyl groups is 1. The third-order valence-corrected chi connectivity index (χ3v) is 5.27. The van der Waals surface area contributed by atoms with Crippen LogP contribution in [0.5, 0.6) is 0 Å². The van der Waals surface area contributed by atoms with E-state index in [2.05, 4.69) is 0 Å². The number of thiophene rings is 1. The van der Waals surface area contributed by atoms with E-state index in [0.29, 0.717) is 12.1 Å². The average molecular weight is 351 g/mol. The third kappa shape index (κ3) is 2.71. The Kier molecular flexibility index (Phi) is 4.03. The van der Waals surface area contributed by atoms with Crippen LogP contribution in [0.4, 0.5) is 4.79 Å². The fourth-order valence-electron chi connectivity index (χ4n) is 3.19. The second-order valence-electron chi connectivity index (χ2n) is 5.93. The Labute approximate surface area is 149 Å². The minimum Gasteiger partial charge on any atom is -0.436 e. The fourth-order valence-corrected chi connectivity index (χ4v) is 3.88. The van der Waals surface area contributed by atoms with Gasteiger partial charge in [0.2, 0.25) is 5.72 Å². The van der Waals surface area contributed by atoms with Crippen LogP contribution in [0.1, 0.15) is 22.1 Å². The molecule has 1 aliphatic rings. The summed E-state index contributed by atoms with van der Waals surface area (Å²) in [6, 6.07) is 22.4. The number of carbonyl (C=O) groups is 1. The first-order valence-corrected chi connectivity index (χ1v) is 8.91. The van der Waals surface area contributed by atoms with Gasteiger partial charge in [0, 0.05) is 10.4 Å². The highest BCUT2D eigenvalue weighted by molar-refractivity contribution is 7.09. The van der Waals surface area contributed by atoms with Gasteiger partial charge in [-0.3, -0.25) is 4.90 Å². The monoisotopic (exact) mass is 351 g/mol. The van der Waals surface area contributed by atoms with Gasteiger partial charge in [0.15, 0.2) is 6.10 Å². The smallest absolute Gasteiger partial charge is 0.413 e. The summed E-state index contributed by atoms with van der Waals surface area (Å²) < 4.78 is 5.62. The zero-order chi connectivity index (χ0) is 17.3. The van der Waals surface area contributed by atoms with Crippen LogP contribution in [0.25, 0.3) is 0 Å². The fraction of sp³-hybridized carbons (Fsp3) is 0.150. The number of rotatable bonds is 4. The molecule has 4 rings (SSSR count). The molecule has 4 nitrogen and oxygen atoms in total. The van der Waals surface area contributed by atoms with Crippen LogP contribution in [-0.2, 0) is 17.0 Å². The molecule has 5 heteroatoms. The van der Waals surface area contributed by atoms with E-state index in [1.165, 1.54) is 4.90 Å². The van der Waals surface area contributed by atoms with Crippen LogP contribution in [-0.4, -0.2) is 16.1 Å². The van der Waals surface area contributed by atoms with Crippen molar-refractivity contribution in [3.05, 3.63) is 94.2 Å². The van der Waals surface area contributed by atoms with Crippen LogP contribution in [0.2, 0.25) is 0 Å². The molecule has 0 saturated carbocycles. The molecule has 1 aliphatic heterocycles. The van der Waals surface area contributed by atoms with E-state index >= 15 is 0 Å². The summed E-state index contributed by atoms with van der Waals surface area (Å²) in [6.45, 7) is 0.297. The molecule has 0 radical (unpaired) electrons. The predicted octanol–water partition coefficient (Wildman–Crippen LogP) is 4.29. The second-order valence-corrected chi connectivity index (χ2v) is 6.96. The van der Waals surface area contributed by atoms with Crippen LogP contribution >= 0.6 is 11.3 Å². The third-order valence-electron chi connectivity index (χ3n) is 4.41. The summed E-state index contributed by atoms with van der Waals surface area (Å²) >= 11 is 1.54. The average Bonchev–Trinajstić information content (AvgIpc) is 3.26. The molecule has 1 saturated heterocycles. The van der Waals surface area contributed by atoms with Gasteiger partial charge in [-0.05, 0) is 17.0 Å². The Bertz CT molecular complexity index is 851. The van der Waals surface area contributed by atoms with Crippen molar-refractivity contribution in [3.63, 3.8) is 0 Å². The van der Waals surface area contributed by atoms with Crippen LogP contribution in [0.3, 0.4) is 0 Å². The number of ether oxygens (including phenoxy) is 1. The van der Waals surface area contributed by atoms with Crippen LogP contribution in [0.15, 0.2) is 78.2 Å². The normalized spacial score (nSPS) is 22.8. The van der Waals surface area contributed by atoms with Gasteiger partial charge in [-0.25, -0.2) is 4.79 Å². The molecule has 0 bridgehead atoms. The molecule has 3 aromatic rings. The summed E-state index contributed by atoms with van der Waals surface area (Å²) in [5.74, 6) is 0. The molecule has 1 aromatic heterocycles. The maximum atomic E-state index is 12.6. The standard InChI is InChI=1S/C20H17NO3S/c22-19-21(14-17-12-7-13-25-17)20(23,16-10-5-2-6-11-16)18(24-19)15-8-3-1-4-9-15/h1-13,18,23H,14H2/t18-,20+/m1/s1. The summed E-state index contributed by atoms with van der Waals surface area (Å²) in [6.07, 6.45) is -1.31. The first-order valence-electron chi connectivity index (χ1n) is 8.03. The lowest BCUT2D eigenvalue weighted by Gasteiger charge is -2.34. The highest BCUT2D eigenvalue weighted by Gasteiger charge is 2.56. The van der Waals surface area contributed by atoms with Crippen molar-refractivity contribution < 1.29 is 14.6 Å². The van der Waals surface area contributed by atoms with Gasteiger partial charge in [-0.1, -0.05) is 66.7 Å². The molecule has 2 heterocycles. The number of hydrogen-bond donors (Lipinski definition) is 1. The van der Waals surface area contributed by atoms with Crippen molar-refractivity contribution in [2.45, 2.75) is 18.4 Å². The topological polar surface area (TPSA) is 49.8 Å². The maximum Gasteiger partial charge on any atom is 0.413 e. The summed E-state index contributed by atoms with van der Waals surface area (Å²) in [5, 5.41) is 13.6. The Hall–Kier alpha value is -2.63. The summed E-state index contributed by atoms with van der Waals surface area (Å²) in [5.41, 5.74) is -0.175. The van der Waals surface area contributed by atoms with Gasteiger partial charge in [0.1, 0.15) is 0 Å². The molecule has 126 valence electrons. The Balaban J connectivity index is 1.81. The van der Waals surface area contributed by atoms with Gasteiger partial charge in [0.05, 0.1) is 6.54 Å². The zero-order valence-corrected chi connectivity index (χ0v) is 14.2. The van der Waals surface area contributed by atoms with Gasteiger partial charge in [-0.2, -0.15) is 0 Å². The quantitative estimate of drug-likeness (QED) is 0.763. The number of nitrogens with zero attached hydrogens (tertiary/aromatic N) is 1. The number of amides is 1. The molecule has 1 amide bonds. The highest BCUT2D eigenvalue weighted by Crippen LogP contribution is 2.47. The molecule has 0 spiro atoms. The molecule has 1 fully saturated rings. The number of cyclic esters (lactones) is 1. The van der Waals surface area contributed by atoms with Crippen molar-refractivity contribution in [1.29, 1.82) is 0 Å². The van der Waals surface area contributed by atoms with Crippen molar-refractivity contribution in [1.82, 2.24) is 4.90 Å². The van der Waals surface area contributed by atoms with Crippen LogP contribution in [0, 0.1) is 0 Å². The van der Waals surface area contributed by atoms with Gasteiger partial charge in [0.25, 0.3) is 0 Å². The highest BCUT2D eigenvalue weighted by atomic mass is 32.1. The van der Waals surface area contributed by atoms with E-state index in [4.69, 9.17) is 4.74 Å². The van der Waals surface area contributed by atoms with Crippen molar-refractivity contribution in [2.75, 3.05) is 0 Å². The molecule has 0 aliphatic carbocycles. The van der Waals surface area contributed by atoms with Gasteiger partial charge < -0.3 is 9.84 Å². The molecule has 2 aromatic carbocycles. The van der Waals surface area contributed by atoms with E-state index in [1.807, 2.05) is 78.2 Å².